The van der Waals surface area contributed by atoms with Crippen LogP contribution >= 0.6 is 0 Å². The zero-order chi connectivity index (χ0) is 22.0. The van der Waals surface area contributed by atoms with Crippen LogP contribution in [0.2, 0.25) is 0 Å². The molecule has 0 atom stereocenters. The minimum Gasteiger partial charge on any atom is -0.494 e. The zero-order valence-corrected chi connectivity index (χ0v) is 18.5. The summed E-state index contributed by atoms with van der Waals surface area (Å²) in [5, 5.41) is 4.54. The Labute approximate surface area is 182 Å². The fourth-order valence-corrected chi connectivity index (χ4v) is 3.85. The minimum atomic E-state index is 0.0462. The summed E-state index contributed by atoms with van der Waals surface area (Å²) in [6.07, 6.45) is 0. The number of carbonyl (C=O) groups is 1. The molecule has 8 nitrogen and oxygen atoms in total. The summed E-state index contributed by atoms with van der Waals surface area (Å²) in [7, 11) is 0. The Morgan fingerprint density at radius 3 is 2.26 bits per heavy atom. The fourth-order valence-electron chi connectivity index (χ4n) is 3.85. The number of piperazine rings is 1. The van der Waals surface area contributed by atoms with Gasteiger partial charge in [-0.25, -0.2) is 14.6 Å². The van der Waals surface area contributed by atoms with Gasteiger partial charge in [-0.1, -0.05) is 0 Å². The Balaban J connectivity index is 1.45. The first-order chi connectivity index (χ1) is 14.9. The highest BCUT2D eigenvalue weighted by Crippen LogP contribution is 2.20. The van der Waals surface area contributed by atoms with Gasteiger partial charge in [0.1, 0.15) is 17.4 Å². The third-order valence-corrected chi connectivity index (χ3v) is 5.34. The first-order valence-corrected chi connectivity index (χ1v) is 10.6. The average Bonchev–Trinajstić information content (AvgIpc) is 3.11. The number of hydrogen-bond donors (Lipinski definition) is 0. The van der Waals surface area contributed by atoms with Gasteiger partial charge in [-0.15, -0.1) is 0 Å². The summed E-state index contributed by atoms with van der Waals surface area (Å²) < 4.78 is 7.31. The summed E-state index contributed by atoms with van der Waals surface area (Å²) >= 11 is 0. The number of benzene rings is 1. The quantitative estimate of drug-likeness (QED) is 0.632. The Morgan fingerprint density at radius 1 is 0.968 bits per heavy atom. The highest BCUT2D eigenvalue weighted by molar-refractivity contribution is 5.94. The summed E-state index contributed by atoms with van der Waals surface area (Å²) in [6, 6.07) is 11.3. The monoisotopic (exact) mass is 420 g/mol. The van der Waals surface area contributed by atoms with Crippen LogP contribution in [0.1, 0.15) is 34.5 Å². The van der Waals surface area contributed by atoms with Crippen LogP contribution < -0.4 is 9.64 Å². The van der Waals surface area contributed by atoms with Crippen molar-refractivity contribution < 1.29 is 9.53 Å². The molecule has 2 aromatic heterocycles. The average molecular weight is 421 g/mol. The van der Waals surface area contributed by atoms with Gasteiger partial charge in [-0.3, -0.25) is 4.79 Å². The highest BCUT2D eigenvalue weighted by Gasteiger charge is 2.24. The van der Waals surface area contributed by atoms with E-state index in [-0.39, 0.29) is 5.91 Å². The molecule has 0 radical (unpaired) electrons. The summed E-state index contributed by atoms with van der Waals surface area (Å²) in [4.78, 5) is 26.2. The number of amides is 1. The van der Waals surface area contributed by atoms with E-state index in [0.717, 1.165) is 41.9 Å². The SMILES string of the molecule is CCOc1ccc(C(=O)N2CCN(c3cc(-n4nc(C)cc4C)nc(C)n3)CC2)cc1. The summed E-state index contributed by atoms with van der Waals surface area (Å²) in [5.74, 6) is 3.16. The molecular weight excluding hydrogens is 392 g/mol. The van der Waals surface area contributed by atoms with Crippen molar-refractivity contribution in [2.75, 3.05) is 37.7 Å². The van der Waals surface area contributed by atoms with Crippen molar-refractivity contribution in [2.24, 2.45) is 0 Å². The Morgan fingerprint density at radius 2 is 1.65 bits per heavy atom. The smallest absolute Gasteiger partial charge is 0.253 e. The predicted octanol–water partition coefficient (Wildman–Crippen LogP) is 2.95. The molecule has 8 heteroatoms. The number of ether oxygens (including phenoxy) is 1. The van der Waals surface area contributed by atoms with Crippen LogP contribution in [0.5, 0.6) is 5.75 Å². The molecule has 162 valence electrons. The largest absolute Gasteiger partial charge is 0.494 e. The lowest BCUT2D eigenvalue weighted by Crippen LogP contribution is -2.49. The minimum absolute atomic E-state index is 0.0462. The van der Waals surface area contributed by atoms with Crippen LogP contribution in [0.15, 0.2) is 36.4 Å². The molecule has 3 heterocycles. The van der Waals surface area contributed by atoms with Crippen molar-refractivity contribution in [1.82, 2.24) is 24.6 Å². The molecule has 4 rings (SSSR count). The molecule has 0 aliphatic carbocycles. The second-order valence-corrected chi connectivity index (χ2v) is 7.71. The van der Waals surface area contributed by atoms with E-state index in [4.69, 9.17) is 4.74 Å². The molecule has 1 aromatic carbocycles. The number of nitrogens with zero attached hydrogens (tertiary/aromatic N) is 6. The molecular formula is C23H28N6O2. The van der Waals surface area contributed by atoms with E-state index in [2.05, 4.69) is 20.0 Å². The first kappa shape index (κ1) is 20.8. The van der Waals surface area contributed by atoms with E-state index in [1.165, 1.54) is 0 Å². The van der Waals surface area contributed by atoms with Crippen molar-refractivity contribution in [3.63, 3.8) is 0 Å². The number of anilines is 1. The molecule has 1 fully saturated rings. The lowest BCUT2D eigenvalue weighted by Gasteiger charge is -2.35. The van der Waals surface area contributed by atoms with Crippen LogP contribution in [-0.4, -0.2) is 63.3 Å². The van der Waals surface area contributed by atoms with Crippen molar-refractivity contribution in [3.05, 3.63) is 59.2 Å². The topological polar surface area (TPSA) is 76.4 Å². The maximum Gasteiger partial charge on any atom is 0.253 e. The van der Waals surface area contributed by atoms with Crippen LogP contribution in [0.4, 0.5) is 5.82 Å². The van der Waals surface area contributed by atoms with E-state index >= 15 is 0 Å². The lowest BCUT2D eigenvalue weighted by atomic mass is 10.1. The van der Waals surface area contributed by atoms with Crippen molar-refractivity contribution in [2.45, 2.75) is 27.7 Å². The van der Waals surface area contributed by atoms with Gasteiger partial charge in [0.2, 0.25) is 0 Å². The van der Waals surface area contributed by atoms with E-state index in [0.29, 0.717) is 31.1 Å². The standard InChI is InChI=1S/C23H28N6O2/c1-5-31-20-8-6-19(7-9-20)23(30)28-12-10-27(11-13-28)21-15-22(25-18(4)24-21)29-17(3)14-16(2)26-29/h6-9,14-15H,5,10-13H2,1-4H3. The third kappa shape index (κ3) is 4.52. The van der Waals surface area contributed by atoms with Gasteiger partial charge in [-0.2, -0.15) is 5.10 Å². The fraction of sp³-hybridized carbons (Fsp3) is 0.391. The lowest BCUT2D eigenvalue weighted by molar-refractivity contribution is 0.0746. The molecule has 0 unspecified atom stereocenters. The number of aromatic nitrogens is 4. The molecule has 1 aliphatic heterocycles. The van der Waals surface area contributed by atoms with Crippen LogP contribution in [0.3, 0.4) is 0 Å². The number of rotatable bonds is 5. The van der Waals surface area contributed by atoms with E-state index < -0.39 is 0 Å². The van der Waals surface area contributed by atoms with Gasteiger partial charge in [0, 0.05) is 43.5 Å². The van der Waals surface area contributed by atoms with Crippen LogP contribution in [0, 0.1) is 20.8 Å². The molecule has 1 amide bonds. The van der Waals surface area contributed by atoms with Gasteiger partial charge in [0.05, 0.1) is 12.3 Å². The second kappa shape index (κ2) is 8.75. The molecule has 31 heavy (non-hydrogen) atoms. The molecule has 0 bridgehead atoms. The Bertz CT molecular complexity index is 1070. The van der Waals surface area contributed by atoms with E-state index in [1.807, 2.05) is 73.7 Å². The van der Waals surface area contributed by atoms with Crippen LogP contribution in [-0.2, 0) is 0 Å². The summed E-state index contributed by atoms with van der Waals surface area (Å²) in [6.45, 7) is 11.2. The molecule has 1 saturated heterocycles. The van der Waals surface area contributed by atoms with E-state index in [1.54, 1.807) is 0 Å². The molecule has 0 spiro atoms. The second-order valence-electron chi connectivity index (χ2n) is 7.71. The van der Waals surface area contributed by atoms with Gasteiger partial charge in [-0.05, 0) is 58.0 Å². The molecule has 0 N–H and O–H groups in total. The normalized spacial score (nSPS) is 14.1. The maximum atomic E-state index is 12.9. The molecule has 3 aromatic rings. The van der Waals surface area contributed by atoms with Gasteiger partial charge >= 0.3 is 0 Å². The Hall–Kier alpha value is -3.42. The van der Waals surface area contributed by atoms with Crippen molar-refractivity contribution in [1.29, 1.82) is 0 Å². The van der Waals surface area contributed by atoms with E-state index in [9.17, 15) is 4.79 Å². The first-order valence-electron chi connectivity index (χ1n) is 10.6. The number of aryl methyl sites for hydroxylation is 3. The number of hydrogen-bond acceptors (Lipinski definition) is 6. The van der Waals surface area contributed by atoms with Gasteiger partial charge < -0.3 is 14.5 Å². The molecule has 0 saturated carbocycles. The van der Waals surface area contributed by atoms with Crippen LogP contribution in [0.25, 0.3) is 5.82 Å². The van der Waals surface area contributed by atoms with Crippen molar-refractivity contribution in [3.8, 4) is 11.6 Å². The van der Waals surface area contributed by atoms with Gasteiger partial charge in [0.25, 0.3) is 5.91 Å². The summed E-state index contributed by atoms with van der Waals surface area (Å²) in [5.41, 5.74) is 2.67. The van der Waals surface area contributed by atoms with Gasteiger partial charge in [0.15, 0.2) is 5.82 Å². The highest BCUT2D eigenvalue weighted by atomic mass is 16.5. The zero-order valence-electron chi connectivity index (χ0n) is 18.5. The Kier molecular flexibility index (Phi) is 5.88. The third-order valence-electron chi connectivity index (χ3n) is 5.34. The maximum absolute atomic E-state index is 12.9. The van der Waals surface area contributed by atoms with Crippen molar-refractivity contribution >= 4 is 11.7 Å². The predicted molar refractivity (Wildman–Crippen MR) is 119 cm³/mol. The number of carbonyl (C=O) groups excluding carboxylic acids is 1. The molecule has 1 aliphatic rings.